The van der Waals surface area contributed by atoms with E-state index in [9.17, 15) is 4.79 Å². The van der Waals surface area contributed by atoms with Crippen molar-refractivity contribution >= 4 is 22.6 Å². The fraction of sp³-hybridized carbons (Fsp3) is 0.407. The molecule has 1 aliphatic rings. The molecule has 1 aromatic heterocycles. The maximum atomic E-state index is 12.8. The van der Waals surface area contributed by atoms with Crippen LogP contribution in [0.3, 0.4) is 0 Å². The number of ether oxygens (including phenoxy) is 2. The number of carbonyl (C=O) groups excluding carboxylic acids is 1. The van der Waals surface area contributed by atoms with Gasteiger partial charge in [0.15, 0.2) is 6.61 Å². The number of methoxy groups -OCH3 is 1. The van der Waals surface area contributed by atoms with Crippen molar-refractivity contribution in [2.24, 2.45) is 0 Å². The van der Waals surface area contributed by atoms with E-state index in [4.69, 9.17) is 14.5 Å². The van der Waals surface area contributed by atoms with Crippen LogP contribution in [-0.2, 0) is 4.79 Å². The van der Waals surface area contributed by atoms with Gasteiger partial charge < -0.3 is 19.3 Å². The van der Waals surface area contributed by atoms with Gasteiger partial charge in [0.2, 0.25) is 0 Å². The lowest BCUT2D eigenvalue weighted by Gasteiger charge is -2.35. The lowest BCUT2D eigenvalue weighted by atomic mass is 10.0. The van der Waals surface area contributed by atoms with Gasteiger partial charge in [0.1, 0.15) is 22.8 Å². The van der Waals surface area contributed by atoms with Crippen LogP contribution in [0.4, 0.5) is 5.82 Å². The second kappa shape index (κ2) is 9.69. The molecule has 1 fully saturated rings. The van der Waals surface area contributed by atoms with E-state index in [2.05, 4.69) is 49.9 Å². The summed E-state index contributed by atoms with van der Waals surface area (Å²) in [5.41, 5.74) is 4.30. The zero-order valence-corrected chi connectivity index (χ0v) is 20.2. The number of aryl methyl sites for hydroxylation is 2. The fourth-order valence-corrected chi connectivity index (χ4v) is 4.36. The Morgan fingerprint density at radius 3 is 2.48 bits per heavy atom. The van der Waals surface area contributed by atoms with Crippen LogP contribution < -0.4 is 14.4 Å². The predicted octanol–water partition coefficient (Wildman–Crippen LogP) is 4.71. The van der Waals surface area contributed by atoms with Crippen molar-refractivity contribution in [3.8, 4) is 11.5 Å². The summed E-state index contributed by atoms with van der Waals surface area (Å²) >= 11 is 0. The molecule has 0 radical (unpaired) electrons. The highest BCUT2D eigenvalue weighted by atomic mass is 16.5. The average Bonchev–Trinajstić information content (AvgIpc) is 2.82. The first kappa shape index (κ1) is 22.9. The number of pyridine rings is 1. The van der Waals surface area contributed by atoms with Crippen molar-refractivity contribution in [3.05, 3.63) is 59.2 Å². The maximum Gasteiger partial charge on any atom is 0.260 e. The molecule has 1 saturated heterocycles. The molecule has 2 aromatic carbocycles. The van der Waals surface area contributed by atoms with Gasteiger partial charge in [0, 0.05) is 31.6 Å². The Bertz CT molecular complexity index is 1150. The summed E-state index contributed by atoms with van der Waals surface area (Å²) in [7, 11) is 1.67. The molecule has 0 N–H and O–H groups in total. The van der Waals surface area contributed by atoms with E-state index in [0.29, 0.717) is 19.0 Å². The third kappa shape index (κ3) is 4.90. The Hall–Kier alpha value is -3.28. The largest absolute Gasteiger partial charge is 0.494 e. The van der Waals surface area contributed by atoms with Crippen LogP contribution >= 0.6 is 0 Å². The number of fused-ring (bicyclic) bond motifs is 1. The molecular weight excluding hydrogens is 414 g/mol. The smallest absolute Gasteiger partial charge is 0.260 e. The van der Waals surface area contributed by atoms with E-state index in [0.717, 1.165) is 52.4 Å². The van der Waals surface area contributed by atoms with Gasteiger partial charge in [-0.3, -0.25) is 4.79 Å². The van der Waals surface area contributed by atoms with Gasteiger partial charge in [-0.1, -0.05) is 38.1 Å². The number of hydrogen-bond acceptors (Lipinski definition) is 5. The molecule has 3 aromatic rings. The van der Waals surface area contributed by atoms with Gasteiger partial charge in [-0.15, -0.1) is 0 Å². The first-order chi connectivity index (χ1) is 15.9. The van der Waals surface area contributed by atoms with E-state index < -0.39 is 0 Å². The molecule has 6 nitrogen and oxygen atoms in total. The molecular formula is C27H33N3O3. The van der Waals surface area contributed by atoms with E-state index in [-0.39, 0.29) is 12.5 Å². The Balaban J connectivity index is 1.40. The lowest BCUT2D eigenvalue weighted by Crippen LogP contribution is -2.50. The van der Waals surface area contributed by atoms with Crippen LogP contribution in [0.2, 0.25) is 0 Å². The van der Waals surface area contributed by atoms with Crippen molar-refractivity contribution in [2.75, 3.05) is 44.8 Å². The summed E-state index contributed by atoms with van der Waals surface area (Å²) in [5.74, 6) is 2.88. The van der Waals surface area contributed by atoms with Gasteiger partial charge >= 0.3 is 0 Å². The first-order valence-electron chi connectivity index (χ1n) is 11.6. The minimum Gasteiger partial charge on any atom is -0.494 e. The van der Waals surface area contributed by atoms with Crippen molar-refractivity contribution in [1.29, 1.82) is 0 Å². The van der Waals surface area contributed by atoms with Crippen LogP contribution in [0.15, 0.2) is 42.5 Å². The number of aromatic nitrogens is 1. The number of nitrogens with zero attached hydrogens (tertiary/aromatic N) is 3. The predicted molar refractivity (Wildman–Crippen MR) is 133 cm³/mol. The molecule has 1 aliphatic heterocycles. The number of anilines is 1. The van der Waals surface area contributed by atoms with Crippen LogP contribution in [0, 0.1) is 13.8 Å². The van der Waals surface area contributed by atoms with Crippen molar-refractivity contribution < 1.29 is 14.3 Å². The molecule has 4 rings (SSSR count). The Morgan fingerprint density at radius 2 is 1.79 bits per heavy atom. The quantitative estimate of drug-likeness (QED) is 0.548. The number of rotatable bonds is 6. The topological polar surface area (TPSA) is 54.9 Å². The van der Waals surface area contributed by atoms with Crippen molar-refractivity contribution in [2.45, 2.75) is 33.6 Å². The molecule has 0 bridgehead atoms. The minimum absolute atomic E-state index is 0.0233. The van der Waals surface area contributed by atoms with Crippen LogP contribution in [-0.4, -0.2) is 55.7 Å². The summed E-state index contributed by atoms with van der Waals surface area (Å²) in [6.07, 6.45) is 0. The lowest BCUT2D eigenvalue weighted by molar-refractivity contribution is -0.133. The first-order valence-corrected chi connectivity index (χ1v) is 11.6. The maximum absolute atomic E-state index is 12.8. The average molecular weight is 448 g/mol. The van der Waals surface area contributed by atoms with Crippen LogP contribution in [0.1, 0.15) is 36.5 Å². The van der Waals surface area contributed by atoms with Gasteiger partial charge in [-0.2, -0.15) is 0 Å². The Kier molecular flexibility index (Phi) is 6.72. The van der Waals surface area contributed by atoms with Crippen molar-refractivity contribution in [1.82, 2.24) is 9.88 Å². The van der Waals surface area contributed by atoms with E-state index in [1.54, 1.807) is 7.11 Å². The summed E-state index contributed by atoms with van der Waals surface area (Å²) in [6, 6.07) is 14.3. The number of amides is 1. The normalized spacial score (nSPS) is 14.1. The van der Waals surface area contributed by atoms with Crippen LogP contribution in [0.5, 0.6) is 11.5 Å². The zero-order chi connectivity index (χ0) is 23.5. The second-order valence-corrected chi connectivity index (χ2v) is 9.01. The number of carbonyl (C=O) groups is 1. The molecule has 0 spiro atoms. The molecule has 0 saturated carbocycles. The number of hydrogen-bond donors (Lipinski definition) is 0. The molecule has 174 valence electrons. The molecule has 1 amide bonds. The molecule has 2 heterocycles. The highest BCUT2D eigenvalue weighted by molar-refractivity contribution is 5.89. The minimum atomic E-state index is 0.0233. The standard InChI is InChI=1S/C27H33N3O3/c1-18(2)21-10-9-19(3)15-24(21)33-17-26(31)30-13-11-29(12-14-30)25-16-20(4)22-7-6-8-23(32-5)27(22)28-25/h6-10,15-16,18H,11-14,17H2,1-5H3. The van der Waals surface area contributed by atoms with E-state index >= 15 is 0 Å². The highest BCUT2D eigenvalue weighted by Gasteiger charge is 2.23. The molecule has 0 unspecified atom stereocenters. The number of para-hydroxylation sites is 1. The number of piperazine rings is 1. The summed E-state index contributed by atoms with van der Waals surface area (Å²) in [6.45, 7) is 11.2. The van der Waals surface area contributed by atoms with Crippen molar-refractivity contribution in [3.63, 3.8) is 0 Å². The van der Waals surface area contributed by atoms with Gasteiger partial charge in [-0.05, 0) is 54.7 Å². The van der Waals surface area contributed by atoms with E-state index in [1.165, 1.54) is 5.56 Å². The fourth-order valence-electron chi connectivity index (χ4n) is 4.36. The third-order valence-electron chi connectivity index (χ3n) is 6.31. The van der Waals surface area contributed by atoms with Gasteiger partial charge in [0.05, 0.1) is 7.11 Å². The highest BCUT2D eigenvalue weighted by Crippen LogP contribution is 2.30. The summed E-state index contributed by atoms with van der Waals surface area (Å²) in [5, 5.41) is 1.10. The van der Waals surface area contributed by atoms with Crippen LogP contribution in [0.25, 0.3) is 10.9 Å². The summed E-state index contributed by atoms with van der Waals surface area (Å²) < 4.78 is 11.5. The Labute approximate surface area is 196 Å². The van der Waals surface area contributed by atoms with E-state index in [1.807, 2.05) is 30.0 Å². The Morgan fingerprint density at radius 1 is 1.03 bits per heavy atom. The zero-order valence-electron chi connectivity index (χ0n) is 20.2. The number of benzene rings is 2. The SMILES string of the molecule is COc1cccc2c(C)cc(N3CCN(C(=O)COc4cc(C)ccc4C(C)C)CC3)nc12. The molecule has 0 atom stereocenters. The monoisotopic (exact) mass is 447 g/mol. The summed E-state index contributed by atoms with van der Waals surface area (Å²) in [4.78, 5) is 21.8. The van der Waals surface area contributed by atoms with Gasteiger partial charge in [-0.25, -0.2) is 4.98 Å². The third-order valence-corrected chi connectivity index (χ3v) is 6.31. The second-order valence-electron chi connectivity index (χ2n) is 9.01. The molecule has 0 aliphatic carbocycles. The molecule has 33 heavy (non-hydrogen) atoms. The van der Waals surface area contributed by atoms with Gasteiger partial charge in [0.25, 0.3) is 5.91 Å². The molecule has 6 heteroatoms.